The van der Waals surface area contributed by atoms with E-state index in [9.17, 15) is 18.0 Å². The van der Waals surface area contributed by atoms with Gasteiger partial charge in [0.2, 0.25) is 21.8 Å². The Morgan fingerprint density at radius 2 is 1.55 bits per heavy atom. The van der Waals surface area contributed by atoms with Crippen LogP contribution in [-0.4, -0.2) is 50.0 Å². The summed E-state index contributed by atoms with van der Waals surface area (Å²) in [6.07, 6.45) is 1.85. The summed E-state index contributed by atoms with van der Waals surface area (Å²) in [6, 6.07) is 23.1. The van der Waals surface area contributed by atoms with Crippen molar-refractivity contribution in [1.29, 1.82) is 0 Å². The Morgan fingerprint density at radius 1 is 0.925 bits per heavy atom. The highest BCUT2D eigenvalue weighted by atomic mass is 35.5. The fourth-order valence-corrected chi connectivity index (χ4v) is 5.61. The first-order valence-electron chi connectivity index (χ1n) is 13.4. The van der Waals surface area contributed by atoms with Gasteiger partial charge in [-0.25, -0.2) is 8.42 Å². The lowest BCUT2D eigenvalue weighted by Gasteiger charge is -2.33. The summed E-state index contributed by atoms with van der Waals surface area (Å²) in [7, 11) is -3.59. The zero-order chi connectivity index (χ0) is 29.3. The Labute approximate surface area is 243 Å². The van der Waals surface area contributed by atoms with Crippen LogP contribution in [-0.2, 0) is 32.6 Å². The summed E-state index contributed by atoms with van der Waals surface area (Å²) in [4.78, 5) is 29.0. The number of rotatable bonds is 13. The molecule has 0 heterocycles. The van der Waals surface area contributed by atoms with Gasteiger partial charge >= 0.3 is 0 Å². The van der Waals surface area contributed by atoms with Crippen molar-refractivity contribution in [3.63, 3.8) is 0 Å². The number of hydrogen-bond acceptors (Lipinski definition) is 4. The van der Waals surface area contributed by atoms with Crippen LogP contribution >= 0.6 is 11.6 Å². The molecule has 9 heteroatoms. The molecule has 0 spiro atoms. The minimum Gasteiger partial charge on any atom is -0.352 e. The number of nitrogens with one attached hydrogen (secondary N) is 1. The Balaban J connectivity index is 1.88. The average Bonchev–Trinajstić information content (AvgIpc) is 2.89. The Bertz CT molecular complexity index is 1380. The summed E-state index contributed by atoms with van der Waals surface area (Å²) < 4.78 is 26.4. The molecule has 2 amide bonds. The van der Waals surface area contributed by atoms with E-state index in [1.165, 1.54) is 4.31 Å². The number of nitrogens with zero attached hydrogens (tertiary/aromatic N) is 2. The van der Waals surface area contributed by atoms with Gasteiger partial charge in [0.25, 0.3) is 0 Å². The number of benzene rings is 3. The Kier molecular flexibility index (Phi) is 11.2. The van der Waals surface area contributed by atoms with Crippen molar-refractivity contribution in [3.05, 3.63) is 101 Å². The van der Waals surface area contributed by atoms with Crippen molar-refractivity contribution in [2.45, 2.75) is 58.7 Å². The lowest BCUT2D eigenvalue weighted by Crippen LogP contribution is -2.52. The molecule has 0 aliphatic rings. The van der Waals surface area contributed by atoms with Crippen LogP contribution in [0.5, 0.6) is 0 Å². The van der Waals surface area contributed by atoms with Gasteiger partial charge in [-0.15, -0.1) is 0 Å². The number of carbonyl (C=O) groups is 2. The molecule has 0 saturated carbocycles. The molecule has 0 aromatic heterocycles. The second kappa shape index (κ2) is 14.3. The average molecular weight is 584 g/mol. The molecule has 7 nitrogen and oxygen atoms in total. The molecule has 1 N–H and O–H groups in total. The van der Waals surface area contributed by atoms with E-state index in [2.05, 4.69) is 5.32 Å². The van der Waals surface area contributed by atoms with Gasteiger partial charge in [0.1, 0.15) is 6.04 Å². The highest BCUT2D eigenvalue weighted by Crippen LogP contribution is 2.22. The van der Waals surface area contributed by atoms with Crippen LogP contribution in [0, 0.1) is 6.92 Å². The minimum absolute atomic E-state index is 0.0751. The monoisotopic (exact) mass is 583 g/mol. The van der Waals surface area contributed by atoms with E-state index in [4.69, 9.17) is 11.6 Å². The third-order valence-electron chi connectivity index (χ3n) is 6.57. The number of hydrogen-bond donors (Lipinski definition) is 1. The van der Waals surface area contributed by atoms with Gasteiger partial charge in [-0.2, -0.15) is 0 Å². The van der Waals surface area contributed by atoms with Gasteiger partial charge in [0.15, 0.2) is 0 Å². The predicted molar refractivity (Wildman–Crippen MR) is 162 cm³/mol. The maximum atomic E-state index is 13.9. The zero-order valence-corrected chi connectivity index (χ0v) is 25.1. The number of halogens is 1. The SMILES string of the molecule is Cc1ccccc1CN(C(=O)CCCN(c1ccc(Cl)cc1)S(C)(=O)=O)C(Cc1ccccc1)C(=O)NC(C)C. The molecule has 1 unspecified atom stereocenters. The maximum absolute atomic E-state index is 13.9. The van der Waals surface area contributed by atoms with Gasteiger partial charge in [-0.1, -0.05) is 66.2 Å². The molecule has 214 valence electrons. The van der Waals surface area contributed by atoms with E-state index in [1.807, 2.05) is 75.4 Å². The topological polar surface area (TPSA) is 86.8 Å². The number of anilines is 1. The predicted octanol–water partition coefficient (Wildman–Crippen LogP) is 5.36. The molecule has 0 aliphatic carbocycles. The van der Waals surface area contributed by atoms with E-state index >= 15 is 0 Å². The second-order valence-corrected chi connectivity index (χ2v) is 12.6. The van der Waals surface area contributed by atoms with E-state index in [0.717, 1.165) is 22.9 Å². The van der Waals surface area contributed by atoms with E-state index in [1.54, 1.807) is 29.2 Å². The number of sulfonamides is 1. The lowest BCUT2D eigenvalue weighted by molar-refractivity contribution is -0.141. The number of carbonyl (C=O) groups excluding carboxylic acids is 2. The largest absolute Gasteiger partial charge is 0.352 e. The molecule has 0 aliphatic heterocycles. The zero-order valence-electron chi connectivity index (χ0n) is 23.5. The van der Waals surface area contributed by atoms with Gasteiger partial charge in [-0.05, 0) is 68.1 Å². The Morgan fingerprint density at radius 3 is 2.15 bits per heavy atom. The smallest absolute Gasteiger partial charge is 0.243 e. The first-order valence-corrected chi connectivity index (χ1v) is 15.6. The van der Waals surface area contributed by atoms with Gasteiger partial charge in [0.05, 0.1) is 11.9 Å². The quantitative estimate of drug-likeness (QED) is 0.293. The van der Waals surface area contributed by atoms with Crippen LogP contribution in [0.2, 0.25) is 5.02 Å². The lowest BCUT2D eigenvalue weighted by atomic mass is 10.0. The van der Waals surface area contributed by atoms with Gasteiger partial charge in [0, 0.05) is 37.0 Å². The van der Waals surface area contributed by atoms with Crippen LogP contribution in [0.1, 0.15) is 43.4 Å². The summed E-state index contributed by atoms with van der Waals surface area (Å²) in [5.74, 6) is -0.438. The minimum atomic E-state index is -3.59. The first-order chi connectivity index (χ1) is 19.0. The Hall–Kier alpha value is -3.36. The van der Waals surface area contributed by atoms with Crippen molar-refractivity contribution in [2.24, 2.45) is 0 Å². The molecule has 0 fully saturated rings. The van der Waals surface area contributed by atoms with Crippen LogP contribution in [0.25, 0.3) is 0 Å². The van der Waals surface area contributed by atoms with E-state index in [-0.39, 0.29) is 43.8 Å². The summed E-state index contributed by atoms with van der Waals surface area (Å²) in [5, 5.41) is 3.49. The van der Waals surface area contributed by atoms with Crippen molar-refractivity contribution < 1.29 is 18.0 Å². The maximum Gasteiger partial charge on any atom is 0.243 e. The van der Waals surface area contributed by atoms with Crippen molar-refractivity contribution in [3.8, 4) is 0 Å². The molecule has 3 aromatic carbocycles. The van der Waals surface area contributed by atoms with Crippen LogP contribution in [0.3, 0.4) is 0 Å². The first kappa shape index (κ1) is 31.2. The molecule has 3 aromatic rings. The molecule has 40 heavy (non-hydrogen) atoms. The van der Waals surface area contributed by atoms with E-state index < -0.39 is 16.1 Å². The van der Waals surface area contributed by atoms with Crippen LogP contribution in [0.15, 0.2) is 78.9 Å². The molecule has 0 bridgehead atoms. The van der Waals surface area contributed by atoms with Crippen molar-refractivity contribution >= 4 is 39.1 Å². The highest BCUT2D eigenvalue weighted by Gasteiger charge is 2.31. The third kappa shape index (κ3) is 9.10. The molecular weight excluding hydrogens is 546 g/mol. The van der Waals surface area contributed by atoms with Crippen LogP contribution in [0.4, 0.5) is 5.69 Å². The fourth-order valence-electron chi connectivity index (χ4n) is 4.52. The highest BCUT2D eigenvalue weighted by molar-refractivity contribution is 7.92. The van der Waals surface area contributed by atoms with Gasteiger partial charge in [-0.3, -0.25) is 13.9 Å². The van der Waals surface area contributed by atoms with Crippen molar-refractivity contribution in [2.75, 3.05) is 17.1 Å². The van der Waals surface area contributed by atoms with Crippen LogP contribution < -0.4 is 9.62 Å². The molecule has 1 atom stereocenters. The summed E-state index contributed by atoms with van der Waals surface area (Å²) >= 11 is 5.98. The fraction of sp³-hybridized carbons (Fsp3) is 0.355. The summed E-state index contributed by atoms with van der Waals surface area (Å²) in [5.41, 5.74) is 3.40. The number of aryl methyl sites for hydroxylation is 1. The standard InChI is InChI=1S/C31H38ClN3O4S/c1-23(2)33-31(37)29(21-25-12-6-5-7-13-25)34(22-26-14-9-8-11-24(26)3)30(36)15-10-20-35(40(4,38)39)28-18-16-27(32)17-19-28/h5-9,11-14,16-19,23,29H,10,15,20-22H2,1-4H3,(H,33,37). The second-order valence-electron chi connectivity index (χ2n) is 10.2. The molecule has 3 rings (SSSR count). The summed E-state index contributed by atoms with van der Waals surface area (Å²) in [6.45, 7) is 6.14. The third-order valence-corrected chi connectivity index (χ3v) is 8.02. The molecule has 0 saturated heterocycles. The van der Waals surface area contributed by atoms with Gasteiger partial charge < -0.3 is 10.2 Å². The van der Waals surface area contributed by atoms with E-state index in [0.29, 0.717) is 17.1 Å². The molecule has 0 radical (unpaired) electrons. The normalized spacial score (nSPS) is 12.2. The van der Waals surface area contributed by atoms with Crippen molar-refractivity contribution in [1.82, 2.24) is 10.2 Å². The molecular formula is C31H38ClN3O4S. The number of amides is 2.